The van der Waals surface area contributed by atoms with E-state index in [-0.39, 0.29) is 0 Å². The SMILES string of the molecule is Nc1ncc(CNCCc2ccc(Cl)s2)s1. The lowest BCUT2D eigenvalue weighted by Gasteiger charge is -2.00. The molecule has 0 unspecified atom stereocenters. The molecule has 3 nitrogen and oxygen atoms in total. The lowest BCUT2D eigenvalue weighted by molar-refractivity contribution is 0.696. The van der Waals surface area contributed by atoms with Crippen LogP contribution in [0.25, 0.3) is 0 Å². The van der Waals surface area contributed by atoms with Crippen molar-refractivity contribution in [3.05, 3.63) is 32.4 Å². The van der Waals surface area contributed by atoms with Crippen LogP contribution in [0.3, 0.4) is 0 Å². The number of nitrogens with one attached hydrogen (secondary N) is 1. The maximum atomic E-state index is 5.85. The highest BCUT2D eigenvalue weighted by atomic mass is 35.5. The average molecular weight is 274 g/mol. The van der Waals surface area contributed by atoms with Crippen molar-refractivity contribution >= 4 is 39.4 Å². The Balaban J connectivity index is 1.69. The van der Waals surface area contributed by atoms with Crippen LogP contribution >= 0.6 is 34.3 Å². The van der Waals surface area contributed by atoms with Gasteiger partial charge in [-0.1, -0.05) is 11.6 Å². The Hall–Kier alpha value is -0.620. The van der Waals surface area contributed by atoms with E-state index in [0.29, 0.717) is 5.13 Å². The number of anilines is 1. The van der Waals surface area contributed by atoms with Crippen LogP contribution in [0, 0.1) is 0 Å². The zero-order valence-corrected chi connectivity index (χ0v) is 11.0. The third-order valence-electron chi connectivity index (χ3n) is 2.05. The topological polar surface area (TPSA) is 50.9 Å². The molecular weight excluding hydrogens is 262 g/mol. The first-order valence-electron chi connectivity index (χ1n) is 4.89. The number of hydrogen-bond donors (Lipinski definition) is 2. The van der Waals surface area contributed by atoms with Gasteiger partial charge in [-0.2, -0.15) is 0 Å². The van der Waals surface area contributed by atoms with Crippen molar-refractivity contribution in [2.75, 3.05) is 12.3 Å². The summed E-state index contributed by atoms with van der Waals surface area (Å²) >= 11 is 9.01. The molecule has 2 heterocycles. The van der Waals surface area contributed by atoms with Crippen molar-refractivity contribution in [1.29, 1.82) is 0 Å². The first-order chi connectivity index (χ1) is 7.74. The van der Waals surface area contributed by atoms with Crippen molar-refractivity contribution in [1.82, 2.24) is 10.3 Å². The van der Waals surface area contributed by atoms with Gasteiger partial charge in [0.05, 0.1) is 4.34 Å². The molecule has 0 spiro atoms. The Morgan fingerprint density at radius 2 is 2.19 bits per heavy atom. The van der Waals surface area contributed by atoms with E-state index in [4.69, 9.17) is 17.3 Å². The van der Waals surface area contributed by atoms with Gasteiger partial charge in [-0.3, -0.25) is 0 Å². The van der Waals surface area contributed by atoms with E-state index in [1.807, 2.05) is 12.3 Å². The van der Waals surface area contributed by atoms with E-state index < -0.39 is 0 Å². The van der Waals surface area contributed by atoms with Gasteiger partial charge in [-0.15, -0.1) is 22.7 Å². The fraction of sp³-hybridized carbons (Fsp3) is 0.300. The monoisotopic (exact) mass is 273 g/mol. The minimum atomic E-state index is 0.627. The first kappa shape index (κ1) is 11.9. The van der Waals surface area contributed by atoms with Gasteiger partial charge in [0, 0.05) is 29.0 Å². The minimum absolute atomic E-state index is 0.627. The number of nitrogens with two attached hydrogens (primary N) is 1. The fourth-order valence-electron chi connectivity index (χ4n) is 1.31. The van der Waals surface area contributed by atoms with E-state index in [2.05, 4.69) is 16.4 Å². The molecule has 0 amide bonds. The van der Waals surface area contributed by atoms with Crippen molar-refractivity contribution in [3.63, 3.8) is 0 Å². The number of halogens is 1. The van der Waals surface area contributed by atoms with Crippen LogP contribution in [-0.2, 0) is 13.0 Å². The molecule has 0 aliphatic heterocycles. The molecule has 2 aromatic heterocycles. The Kier molecular flexibility index (Phi) is 4.17. The van der Waals surface area contributed by atoms with Crippen molar-refractivity contribution < 1.29 is 0 Å². The van der Waals surface area contributed by atoms with Gasteiger partial charge in [0.2, 0.25) is 0 Å². The molecule has 0 atom stereocenters. The number of rotatable bonds is 5. The quantitative estimate of drug-likeness (QED) is 0.824. The Morgan fingerprint density at radius 3 is 2.81 bits per heavy atom. The van der Waals surface area contributed by atoms with Crippen molar-refractivity contribution in [2.45, 2.75) is 13.0 Å². The first-order valence-corrected chi connectivity index (χ1v) is 6.90. The van der Waals surface area contributed by atoms with E-state index in [9.17, 15) is 0 Å². The summed E-state index contributed by atoms with van der Waals surface area (Å²) in [5.74, 6) is 0. The number of thiophene rings is 1. The molecule has 0 radical (unpaired) electrons. The molecule has 0 bridgehead atoms. The van der Waals surface area contributed by atoms with E-state index in [0.717, 1.165) is 23.8 Å². The number of nitrogen functional groups attached to an aromatic ring is 1. The predicted octanol–water partition coefficient (Wildman–Crippen LogP) is 2.77. The number of aromatic nitrogens is 1. The summed E-state index contributed by atoms with van der Waals surface area (Å²) in [6.45, 7) is 1.77. The molecule has 2 aromatic rings. The summed E-state index contributed by atoms with van der Waals surface area (Å²) in [6.07, 6.45) is 2.82. The fourth-order valence-corrected chi connectivity index (χ4v) is 3.05. The van der Waals surface area contributed by atoms with Gasteiger partial charge in [0.1, 0.15) is 0 Å². The van der Waals surface area contributed by atoms with Gasteiger partial charge in [0.25, 0.3) is 0 Å². The van der Waals surface area contributed by atoms with Crippen LogP contribution in [0.2, 0.25) is 4.34 Å². The molecule has 0 fully saturated rings. The zero-order valence-electron chi connectivity index (χ0n) is 8.57. The highest BCUT2D eigenvalue weighted by molar-refractivity contribution is 7.16. The molecule has 0 saturated carbocycles. The van der Waals surface area contributed by atoms with Crippen LogP contribution in [0.15, 0.2) is 18.3 Å². The summed E-state index contributed by atoms with van der Waals surface area (Å²) < 4.78 is 0.852. The third-order valence-corrected chi connectivity index (χ3v) is 4.17. The molecule has 86 valence electrons. The van der Waals surface area contributed by atoms with Gasteiger partial charge < -0.3 is 11.1 Å². The maximum Gasteiger partial charge on any atom is 0.180 e. The lowest BCUT2D eigenvalue weighted by atomic mass is 10.3. The van der Waals surface area contributed by atoms with Gasteiger partial charge in [-0.05, 0) is 18.6 Å². The molecule has 0 aromatic carbocycles. The van der Waals surface area contributed by atoms with Crippen molar-refractivity contribution in [2.24, 2.45) is 0 Å². The summed E-state index contributed by atoms with van der Waals surface area (Å²) in [7, 11) is 0. The molecule has 0 aliphatic carbocycles. The van der Waals surface area contributed by atoms with E-state index in [1.165, 1.54) is 21.1 Å². The normalized spacial score (nSPS) is 10.8. The van der Waals surface area contributed by atoms with E-state index in [1.54, 1.807) is 11.3 Å². The molecule has 16 heavy (non-hydrogen) atoms. The number of nitrogens with zero attached hydrogens (tertiary/aromatic N) is 1. The predicted molar refractivity (Wildman–Crippen MR) is 71.3 cm³/mol. The summed E-state index contributed by atoms with van der Waals surface area (Å²) in [4.78, 5) is 6.47. The smallest absolute Gasteiger partial charge is 0.180 e. The van der Waals surface area contributed by atoms with Crippen LogP contribution in [0.1, 0.15) is 9.75 Å². The Morgan fingerprint density at radius 1 is 1.31 bits per heavy atom. The largest absolute Gasteiger partial charge is 0.375 e. The van der Waals surface area contributed by atoms with Gasteiger partial charge >= 0.3 is 0 Å². The second-order valence-electron chi connectivity index (χ2n) is 3.30. The second kappa shape index (κ2) is 5.63. The summed E-state index contributed by atoms with van der Waals surface area (Å²) in [5.41, 5.74) is 5.54. The Bertz CT molecular complexity index is 410. The molecular formula is C10H12ClN3S2. The second-order valence-corrected chi connectivity index (χ2v) is 6.24. The third kappa shape index (κ3) is 3.45. The van der Waals surface area contributed by atoms with Gasteiger partial charge in [0.15, 0.2) is 5.13 Å². The summed E-state index contributed by atoms with van der Waals surface area (Å²) in [6, 6.07) is 4.00. The highest BCUT2D eigenvalue weighted by Gasteiger charge is 1.99. The number of hydrogen-bond acceptors (Lipinski definition) is 5. The van der Waals surface area contributed by atoms with Gasteiger partial charge in [-0.25, -0.2) is 4.98 Å². The molecule has 0 aliphatic rings. The van der Waals surface area contributed by atoms with Crippen LogP contribution < -0.4 is 11.1 Å². The minimum Gasteiger partial charge on any atom is -0.375 e. The number of thiazole rings is 1. The lowest BCUT2D eigenvalue weighted by Crippen LogP contribution is -2.15. The Labute approximate surface area is 107 Å². The molecule has 3 N–H and O–H groups in total. The molecule has 0 saturated heterocycles. The highest BCUT2D eigenvalue weighted by Crippen LogP contribution is 2.21. The standard InChI is InChI=1S/C10H12ClN3S2/c11-9-2-1-7(15-9)3-4-13-5-8-6-14-10(12)16-8/h1-2,6,13H,3-5H2,(H2,12,14). The molecule has 6 heteroatoms. The summed E-state index contributed by atoms with van der Waals surface area (Å²) in [5, 5.41) is 3.98. The van der Waals surface area contributed by atoms with Crippen molar-refractivity contribution in [3.8, 4) is 0 Å². The van der Waals surface area contributed by atoms with Crippen LogP contribution in [0.4, 0.5) is 5.13 Å². The van der Waals surface area contributed by atoms with E-state index >= 15 is 0 Å². The van der Waals surface area contributed by atoms with Crippen LogP contribution in [0.5, 0.6) is 0 Å². The average Bonchev–Trinajstić information content (AvgIpc) is 2.83. The van der Waals surface area contributed by atoms with Crippen LogP contribution in [-0.4, -0.2) is 11.5 Å². The molecule has 2 rings (SSSR count). The zero-order chi connectivity index (χ0) is 11.4. The maximum absolute atomic E-state index is 5.85.